The first-order valence-corrected chi connectivity index (χ1v) is 6.11. The minimum atomic E-state index is -1.03. The van der Waals surface area contributed by atoms with E-state index in [1.54, 1.807) is 0 Å². The lowest BCUT2D eigenvalue weighted by molar-refractivity contribution is -0.147. The molecule has 1 aliphatic heterocycles. The fourth-order valence-electron chi connectivity index (χ4n) is 1.54. The Labute approximate surface area is 107 Å². The zero-order chi connectivity index (χ0) is 13.9. The van der Waals surface area contributed by atoms with Crippen molar-refractivity contribution in [3.63, 3.8) is 0 Å². The fraction of sp³-hybridized carbons (Fsp3) is 0.833. The van der Waals surface area contributed by atoms with Gasteiger partial charge in [-0.25, -0.2) is 9.59 Å². The van der Waals surface area contributed by atoms with Gasteiger partial charge < -0.3 is 20.1 Å². The minimum Gasteiger partial charge on any atom is -0.480 e. The number of rotatable bonds is 2. The minimum absolute atomic E-state index is 0.0395. The number of carbonyl (C=O) groups excluding carboxylic acids is 1. The number of hydrogen-bond acceptors (Lipinski definition) is 3. The van der Waals surface area contributed by atoms with Gasteiger partial charge in [0.1, 0.15) is 0 Å². The van der Waals surface area contributed by atoms with Crippen LogP contribution in [0.5, 0.6) is 0 Å². The zero-order valence-corrected chi connectivity index (χ0v) is 11.4. The molecule has 0 spiro atoms. The molecule has 0 aromatic rings. The van der Waals surface area contributed by atoms with Crippen LogP contribution in [0.4, 0.5) is 4.79 Å². The maximum atomic E-state index is 12.1. The van der Waals surface area contributed by atoms with Gasteiger partial charge >= 0.3 is 12.0 Å². The highest BCUT2D eigenvalue weighted by Gasteiger charge is 2.34. The van der Waals surface area contributed by atoms with Gasteiger partial charge in [0.2, 0.25) is 0 Å². The zero-order valence-electron chi connectivity index (χ0n) is 11.4. The summed E-state index contributed by atoms with van der Waals surface area (Å²) in [6.45, 7) is 8.70. The number of ether oxygens (including phenoxy) is 1. The molecular formula is C12H22N2O4. The summed E-state index contributed by atoms with van der Waals surface area (Å²) in [6.07, 6.45) is 0. The van der Waals surface area contributed by atoms with E-state index < -0.39 is 12.0 Å². The highest BCUT2D eigenvalue weighted by Crippen LogP contribution is 2.19. The lowest BCUT2D eigenvalue weighted by Crippen LogP contribution is -2.58. The third kappa shape index (κ3) is 3.60. The van der Waals surface area contributed by atoms with E-state index in [9.17, 15) is 9.59 Å². The van der Waals surface area contributed by atoms with Crippen molar-refractivity contribution < 1.29 is 19.4 Å². The average Bonchev–Trinajstić information content (AvgIpc) is 2.27. The van der Waals surface area contributed by atoms with Crippen LogP contribution in [0.25, 0.3) is 0 Å². The summed E-state index contributed by atoms with van der Waals surface area (Å²) in [7, 11) is 0. The van der Waals surface area contributed by atoms with Gasteiger partial charge in [0, 0.05) is 12.6 Å². The van der Waals surface area contributed by atoms with Crippen LogP contribution >= 0.6 is 0 Å². The van der Waals surface area contributed by atoms with Gasteiger partial charge in [0.25, 0.3) is 0 Å². The molecule has 1 fully saturated rings. The summed E-state index contributed by atoms with van der Waals surface area (Å²) < 4.78 is 5.09. The van der Waals surface area contributed by atoms with Crippen LogP contribution in [0.15, 0.2) is 0 Å². The van der Waals surface area contributed by atoms with E-state index in [-0.39, 0.29) is 24.1 Å². The smallest absolute Gasteiger partial charge is 0.328 e. The van der Waals surface area contributed by atoms with Gasteiger partial charge in [-0.15, -0.1) is 0 Å². The van der Waals surface area contributed by atoms with Crippen molar-refractivity contribution in [3.05, 3.63) is 0 Å². The number of amides is 2. The second-order valence-electron chi connectivity index (χ2n) is 5.66. The monoisotopic (exact) mass is 258 g/mol. The van der Waals surface area contributed by atoms with Crippen molar-refractivity contribution in [1.29, 1.82) is 0 Å². The topological polar surface area (TPSA) is 78.9 Å². The number of urea groups is 1. The highest BCUT2D eigenvalue weighted by molar-refractivity contribution is 5.83. The Balaban J connectivity index is 2.67. The molecule has 0 radical (unpaired) electrons. The molecule has 1 aliphatic rings. The molecule has 18 heavy (non-hydrogen) atoms. The quantitative estimate of drug-likeness (QED) is 0.772. The maximum Gasteiger partial charge on any atom is 0.328 e. The normalized spacial score (nSPS) is 22.4. The van der Waals surface area contributed by atoms with E-state index in [0.29, 0.717) is 13.2 Å². The number of aliphatic carboxylic acids is 1. The van der Waals surface area contributed by atoms with Crippen molar-refractivity contribution in [2.75, 3.05) is 19.8 Å². The standard InChI is InChI=1S/C12H22N2O4/c1-8(12(2,3)4)13-11(17)14-5-6-18-7-9(14)10(15)16/h8-9H,5-7H2,1-4H3,(H,13,17)(H,15,16). The van der Waals surface area contributed by atoms with Crippen molar-refractivity contribution in [3.8, 4) is 0 Å². The van der Waals surface area contributed by atoms with Gasteiger partial charge in [-0.2, -0.15) is 0 Å². The predicted octanol–water partition coefficient (Wildman–Crippen LogP) is 0.916. The van der Waals surface area contributed by atoms with E-state index in [4.69, 9.17) is 9.84 Å². The number of nitrogens with zero attached hydrogens (tertiary/aromatic N) is 1. The SMILES string of the molecule is CC(NC(=O)N1CCOCC1C(=O)O)C(C)(C)C. The highest BCUT2D eigenvalue weighted by atomic mass is 16.5. The Morgan fingerprint density at radius 1 is 1.44 bits per heavy atom. The van der Waals surface area contributed by atoms with E-state index in [2.05, 4.69) is 5.32 Å². The third-order valence-corrected chi connectivity index (χ3v) is 3.31. The van der Waals surface area contributed by atoms with Gasteiger partial charge in [-0.3, -0.25) is 0 Å². The molecule has 0 aliphatic carbocycles. The fourth-order valence-corrected chi connectivity index (χ4v) is 1.54. The van der Waals surface area contributed by atoms with Crippen LogP contribution in [0, 0.1) is 5.41 Å². The Morgan fingerprint density at radius 2 is 2.06 bits per heavy atom. The first kappa shape index (κ1) is 14.8. The first-order chi connectivity index (χ1) is 8.23. The van der Waals surface area contributed by atoms with Gasteiger partial charge in [-0.05, 0) is 12.3 Å². The number of carboxylic acid groups (broad SMARTS) is 1. The molecule has 1 rings (SSSR count). The van der Waals surface area contributed by atoms with Crippen LogP contribution in [0.1, 0.15) is 27.7 Å². The summed E-state index contributed by atoms with van der Waals surface area (Å²) in [5.74, 6) is -1.03. The Kier molecular flexibility index (Phi) is 4.56. The van der Waals surface area contributed by atoms with Crippen LogP contribution in [0.3, 0.4) is 0 Å². The molecule has 2 N–H and O–H groups in total. The Morgan fingerprint density at radius 3 is 2.56 bits per heavy atom. The Hall–Kier alpha value is -1.30. The predicted molar refractivity (Wildman–Crippen MR) is 66.4 cm³/mol. The molecule has 0 aromatic heterocycles. The third-order valence-electron chi connectivity index (χ3n) is 3.31. The molecule has 104 valence electrons. The number of nitrogens with one attached hydrogen (secondary N) is 1. The lowest BCUT2D eigenvalue weighted by atomic mass is 9.88. The van der Waals surface area contributed by atoms with Crippen molar-refractivity contribution in [2.24, 2.45) is 5.41 Å². The molecule has 2 unspecified atom stereocenters. The molecule has 1 saturated heterocycles. The Bertz CT molecular complexity index is 325. The number of carboxylic acids is 1. The summed E-state index contributed by atoms with van der Waals surface area (Å²) in [5.41, 5.74) is -0.0688. The summed E-state index contributed by atoms with van der Waals surface area (Å²) in [5, 5.41) is 11.9. The van der Waals surface area contributed by atoms with Crippen molar-refractivity contribution in [2.45, 2.75) is 39.8 Å². The molecule has 2 atom stereocenters. The van der Waals surface area contributed by atoms with Gasteiger partial charge in [0.05, 0.1) is 13.2 Å². The van der Waals surface area contributed by atoms with E-state index in [1.165, 1.54) is 4.90 Å². The van der Waals surface area contributed by atoms with Crippen LogP contribution in [-0.4, -0.2) is 53.8 Å². The average molecular weight is 258 g/mol. The molecule has 6 nitrogen and oxygen atoms in total. The maximum absolute atomic E-state index is 12.1. The van der Waals surface area contributed by atoms with Crippen molar-refractivity contribution in [1.82, 2.24) is 10.2 Å². The number of carbonyl (C=O) groups is 2. The summed E-state index contributed by atoms with van der Waals surface area (Å²) in [6, 6.07) is -1.28. The molecule has 0 aromatic carbocycles. The van der Waals surface area contributed by atoms with Gasteiger partial charge in [0.15, 0.2) is 6.04 Å². The van der Waals surface area contributed by atoms with E-state index in [1.807, 2.05) is 27.7 Å². The summed E-state index contributed by atoms with van der Waals surface area (Å²) in [4.78, 5) is 24.4. The van der Waals surface area contributed by atoms with Crippen LogP contribution in [-0.2, 0) is 9.53 Å². The number of hydrogen-bond donors (Lipinski definition) is 2. The molecular weight excluding hydrogens is 236 g/mol. The molecule has 1 heterocycles. The van der Waals surface area contributed by atoms with E-state index >= 15 is 0 Å². The summed E-state index contributed by atoms with van der Waals surface area (Å²) >= 11 is 0. The lowest BCUT2D eigenvalue weighted by Gasteiger charge is -2.36. The first-order valence-electron chi connectivity index (χ1n) is 6.11. The van der Waals surface area contributed by atoms with Crippen molar-refractivity contribution >= 4 is 12.0 Å². The molecule has 0 saturated carbocycles. The molecule has 6 heteroatoms. The second kappa shape index (κ2) is 5.56. The van der Waals surface area contributed by atoms with Crippen LogP contribution < -0.4 is 5.32 Å². The van der Waals surface area contributed by atoms with E-state index in [0.717, 1.165) is 0 Å². The molecule has 0 bridgehead atoms. The largest absolute Gasteiger partial charge is 0.480 e. The van der Waals surface area contributed by atoms with Crippen LogP contribution in [0.2, 0.25) is 0 Å². The van der Waals surface area contributed by atoms with Gasteiger partial charge in [-0.1, -0.05) is 20.8 Å². The second-order valence-corrected chi connectivity index (χ2v) is 5.66. The number of morpholine rings is 1. The molecule has 2 amide bonds.